The number of carboxylic acids is 1. The van der Waals surface area contributed by atoms with Gasteiger partial charge in [-0.15, -0.1) is 0 Å². The second kappa shape index (κ2) is 5.80. The van der Waals surface area contributed by atoms with Gasteiger partial charge in [0.2, 0.25) is 5.91 Å². The number of carbonyl (C=O) groups is 3. The van der Waals surface area contributed by atoms with Crippen LogP contribution in [0, 0.1) is 11.7 Å². The zero-order chi connectivity index (χ0) is 15.7. The molecule has 6 nitrogen and oxygen atoms in total. The second-order valence-electron chi connectivity index (χ2n) is 4.52. The van der Waals surface area contributed by atoms with Gasteiger partial charge in [-0.3, -0.25) is 9.59 Å². The van der Waals surface area contributed by atoms with Gasteiger partial charge in [0, 0.05) is 13.0 Å². The molecule has 1 heterocycles. The quantitative estimate of drug-likeness (QED) is 0.832. The van der Waals surface area contributed by atoms with Crippen molar-refractivity contribution in [1.29, 1.82) is 0 Å². The van der Waals surface area contributed by atoms with Crippen molar-refractivity contribution in [2.45, 2.75) is 6.42 Å². The first-order valence-corrected chi connectivity index (χ1v) is 6.75. The van der Waals surface area contributed by atoms with Crippen LogP contribution in [-0.2, 0) is 14.3 Å². The number of nitrogens with zero attached hydrogens (tertiary/aromatic N) is 1. The summed E-state index contributed by atoms with van der Waals surface area (Å²) in [6.07, 6.45) is -0.0938. The second-order valence-corrected chi connectivity index (χ2v) is 5.37. The molecule has 1 atom stereocenters. The number of aromatic carboxylic acids is 1. The molecule has 0 aromatic heterocycles. The summed E-state index contributed by atoms with van der Waals surface area (Å²) in [6.45, 7) is -0.0349. The Morgan fingerprint density at radius 3 is 2.71 bits per heavy atom. The number of esters is 1. The monoisotopic (exact) mass is 359 g/mol. The smallest absolute Gasteiger partial charge is 0.337 e. The summed E-state index contributed by atoms with van der Waals surface area (Å²) in [5.41, 5.74) is -0.290. The predicted octanol–water partition coefficient (Wildman–Crippen LogP) is 1.81. The number of hydrogen-bond donors (Lipinski definition) is 1. The highest BCUT2D eigenvalue weighted by atomic mass is 79.9. The van der Waals surface area contributed by atoms with Crippen molar-refractivity contribution in [2.24, 2.45) is 5.92 Å². The van der Waals surface area contributed by atoms with Gasteiger partial charge in [-0.1, -0.05) is 0 Å². The summed E-state index contributed by atoms with van der Waals surface area (Å²) in [5.74, 6) is -3.67. The molecule has 1 unspecified atom stereocenters. The van der Waals surface area contributed by atoms with Gasteiger partial charge in [0.05, 0.1) is 28.8 Å². The fourth-order valence-electron chi connectivity index (χ4n) is 2.20. The minimum Gasteiger partial charge on any atom is -0.478 e. The molecule has 1 N–H and O–H groups in total. The van der Waals surface area contributed by atoms with E-state index in [0.29, 0.717) is 0 Å². The molecule has 1 saturated heterocycles. The number of rotatable bonds is 3. The van der Waals surface area contributed by atoms with Gasteiger partial charge < -0.3 is 14.7 Å². The summed E-state index contributed by atoms with van der Waals surface area (Å²) in [5, 5.41) is 9.18. The lowest BCUT2D eigenvalue weighted by Gasteiger charge is -2.19. The van der Waals surface area contributed by atoms with Crippen molar-refractivity contribution < 1.29 is 28.6 Å². The molecule has 1 amide bonds. The Hall–Kier alpha value is -1.96. The number of ether oxygens (including phenoxy) is 1. The van der Waals surface area contributed by atoms with Gasteiger partial charge in [-0.25, -0.2) is 9.18 Å². The maximum absolute atomic E-state index is 13.7. The molecule has 1 fully saturated rings. The summed E-state index contributed by atoms with van der Waals surface area (Å²) in [7, 11) is 1.21. The fraction of sp³-hybridized carbons (Fsp3) is 0.308. The molecule has 1 aromatic carbocycles. The molecular weight excluding hydrogens is 349 g/mol. The molecule has 1 aliphatic heterocycles. The third-order valence-corrected chi connectivity index (χ3v) is 3.83. The normalized spacial score (nSPS) is 18.0. The average Bonchev–Trinajstić information content (AvgIpc) is 2.82. The van der Waals surface area contributed by atoms with Gasteiger partial charge >= 0.3 is 11.9 Å². The highest BCUT2D eigenvalue weighted by Gasteiger charge is 2.37. The fourth-order valence-corrected chi connectivity index (χ4v) is 2.54. The van der Waals surface area contributed by atoms with E-state index in [1.54, 1.807) is 0 Å². The van der Waals surface area contributed by atoms with Gasteiger partial charge in [-0.05, 0) is 28.1 Å². The van der Waals surface area contributed by atoms with Gasteiger partial charge in [-0.2, -0.15) is 0 Å². The maximum Gasteiger partial charge on any atom is 0.337 e. The largest absolute Gasteiger partial charge is 0.478 e. The average molecular weight is 360 g/mol. The van der Waals surface area contributed by atoms with Crippen molar-refractivity contribution in [1.82, 2.24) is 0 Å². The van der Waals surface area contributed by atoms with Crippen LogP contribution in [0.1, 0.15) is 16.8 Å². The Morgan fingerprint density at radius 2 is 2.14 bits per heavy atom. The van der Waals surface area contributed by atoms with Crippen LogP contribution in [-0.4, -0.2) is 36.6 Å². The van der Waals surface area contributed by atoms with Crippen molar-refractivity contribution in [3.63, 3.8) is 0 Å². The highest BCUT2D eigenvalue weighted by molar-refractivity contribution is 9.10. The molecule has 0 aliphatic carbocycles. The molecule has 2 rings (SSSR count). The standard InChI is InChI=1S/C13H11BrFNO5/c1-21-13(20)6-2-11(17)16(5-6)10-4-9(15)8(14)3-7(10)12(18)19/h3-4,6H,2,5H2,1H3,(H,18,19). The minimum absolute atomic E-state index is 0.0141. The number of hydrogen-bond acceptors (Lipinski definition) is 4. The minimum atomic E-state index is -1.29. The van der Waals surface area contributed by atoms with E-state index in [1.165, 1.54) is 7.11 Å². The summed E-state index contributed by atoms with van der Waals surface area (Å²) < 4.78 is 18.2. The van der Waals surface area contributed by atoms with Crippen LogP contribution >= 0.6 is 15.9 Å². The van der Waals surface area contributed by atoms with Crippen LogP contribution in [0.3, 0.4) is 0 Å². The van der Waals surface area contributed by atoms with Crippen LogP contribution in [0.2, 0.25) is 0 Å². The molecule has 0 saturated carbocycles. The van der Waals surface area contributed by atoms with E-state index in [0.717, 1.165) is 17.0 Å². The third kappa shape index (κ3) is 2.90. The SMILES string of the molecule is COC(=O)C1CC(=O)N(c2cc(F)c(Br)cc2C(=O)O)C1. The molecule has 21 heavy (non-hydrogen) atoms. The van der Waals surface area contributed by atoms with E-state index in [2.05, 4.69) is 20.7 Å². The van der Waals surface area contributed by atoms with Crippen molar-refractivity contribution in [3.8, 4) is 0 Å². The van der Waals surface area contributed by atoms with Crippen molar-refractivity contribution >= 4 is 39.5 Å². The number of benzene rings is 1. The van der Waals surface area contributed by atoms with Gasteiger partial charge in [0.1, 0.15) is 5.82 Å². The lowest BCUT2D eigenvalue weighted by Crippen LogP contribution is -2.28. The zero-order valence-electron chi connectivity index (χ0n) is 10.9. The number of carboxylic acid groups (broad SMARTS) is 1. The van der Waals surface area contributed by atoms with Crippen LogP contribution in [0.5, 0.6) is 0 Å². The Balaban J connectivity index is 2.42. The Labute approximate surface area is 127 Å². The maximum atomic E-state index is 13.7. The molecule has 0 bridgehead atoms. The van der Waals surface area contributed by atoms with Crippen LogP contribution < -0.4 is 4.90 Å². The molecule has 112 valence electrons. The van der Waals surface area contributed by atoms with Crippen LogP contribution in [0.4, 0.5) is 10.1 Å². The summed E-state index contributed by atoms with van der Waals surface area (Å²) in [6, 6.07) is 2.05. The Kier molecular flexibility index (Phi) is 4.26. The number of carbonyl (C=O) groups excluding carboxylic acids is 2. The molecule has 8 heteroatoms. The molecule has 0 radical (unpaired) electrons. The van der Waals surface area contributed by atoms with Gasteiger partial charge in [0.15, 0.2) is 0 Å². The summed E-state index contributed by atoms with van der Waals surface area (Å²) in [4.78, 5) is 35.8. The lowest BCUT2D eigenvalue weighted by atomic mass is 10.1. The number of anilines is 1. The lowest BCUT2D eigenvalue weighted by molar-refractivity contribution is -0.145. The molecule has 0 spiro atoms. The number of methoxy groups -OCH3 is 1. The van der Waals surface area contributed by atoms with E-state index in [9.17, 15) is 23.9 Å². The van der Waals surface area contributed by atoms with E-state index >= 15 is 0 Å². The van der Waals surface area contributed by atoms with Gasteiger partial charge in [0.25, 0.3) is 0 Å². The highest BCUT2D eigenvalue weighted by Crippen LogP contribution is 2.32. The topological polar surface area (TPSA) is 83.9 Å². The first-order valence-electron chi connectivity index (χ1n) is 5.95. The molecular formula is C13H11BrFNO5. The third-order valence-electron chi connectivity index (χ3n) is 3.22. The summed E-state index contributed by atoms with van der Waals surface area (Å²) >= 11 is 2.90. The van der Waals surface area contributed by atoms with E-state index in [-0.39, 0.29) is 28.7 Å². The molecule has 1 aromatic rings. The Morgan fingerprint density at radius 1 is 1.48 bits per heavy atom. The zero-order valence-corrected chi connectivity index (χ0v) is 12.5. The van der Waals surface area contributed by atoms with Crippen LogP contribution in [0.15, 0.2) is 16.6 Å². The predicted molar refractivity (Wildman–Crippen MR) is 73.5 cm³/mol. The molecule has 1 aliphatic rings. The Bertz CT molecular complexity index is 633. The number of halogens is 2. The van der Waals surface area contributed by atoms with Crippen LogP contribution in [0.25, 0.3) is 0 Å². The van der Waals surface area contributed by atoms with E-state index in [4.69, 9.17) is 0 Å². The first-order chi connectivity index (χ1) is 9.85. The van der Waals surface area contributed by atoms with Crippen molar-refractivity contribution in [3.05, 3.63) is 28.0 Å². The van der Waals surface area contributed by atoms with E-state index < -0.39 is 29.6 Å². The van der Waals surface area contributed by atoms with Crippen molar-refractivity contribution in [2.75, 3.05) is 18.6 Å². The van der Waals surface area contributed by atoms with E-state index in [1.807, 2.05) is 0 Å². The first kappa shape index (κ1) is 15.4. The number of amides is 1.